The third kappa shape index (κ3) is 5.71. The Morgan fingerprint density at radius 2 is 1.95 bits per heavy atom. The maximum Gasteiger partial charge on any atom is 0.0845 e. The van der Waals surface area contributed by atoms with E-state index in [2.05, 4.69) is 13.8 Å². The van der Waals surface area contributed by atoms with Crippen LogP contribution in [-0.2, 0) is 14.2 Å². The lowest BCUT2D eigenvalue weighted by molar-refractivity contribution is 0.0167. The second-order valence-electron chi connectivity index (χ2n) is 6.46. The molecule has 2 aliphatic rings. The molecule has 0 amide bonds. The maximum atomic E-state index is 5.76. The lowest BCUT2D eigenvalue weighted by atomic mass is 9.90. The van der Waals surface area contributed by atoms with Gasteiger partial charge in [0.05, 0.1) is 25.4 Å². The van der Waals surface area contributed by atoms with Gasteiger partial charge in [0.25, 0.3) is 0 Å². The zero-order valence-electron chi connectivity index (χ0n) is 13.3. The fourth-order valence-electron chi connectivity index (χ4n) is 3.15. The van der Waals surface area contributed by atoms with E-state index < -0.39 is 0 Å². The molecular formula is C17H32O3. The molecule has 1 saturated heterocycles. The van der Waals surface area contributed by atoms with E-state index in [-0.39, 0.29) is 0 Å². The summed E-state index contributed by atoms with van der Waals surface area (Å²) in [5, 5.41) is 0. The van der Waals surface area contributed by atoms with Gasteiger partial charge in [-0.05, 0) is 37.5 Å². The molecule has 0 radical (unpaired) electrons. The monoisotopic (exact) mass is 284 g/mol. The number of ether oxygens (including phenoxy) is 3. The van der Waals surface area contributed by atoms with Crippen molar-refractivity contribution in [1.82, 2.24) is 0 Å². The summed E-state index contributed by atoms with van der Waals surface area (Å²) in [6.07, 6.45) is 10.0. The minimum absolute atomic E-state index is 0.567. The highest BCUT2D eigenvalue weighted by Crippen LogP contribution is 2.39. The predicted molar refractivity (Wildman–Crippen MR) is 80.9 cm³/mol. The average Bonchev–Trinajstić information content (AvgIpc) is 3.24. The Balaban J connectivity index is 1.41. The molecular weight excluding hydrogens is 252 g/mol. The van der Waals surface area contributed by atoms with Gasteiger partial charge in [0.2, 0.25) is 0 Å². The van der Waals surface area contributed by atoms with Crippen LogP contribution in [0.25, 0.3) is 0 Å². The lowest BCUT2D eigenvalue weighted by Crippen LogP contribution is -2.20. The number of hydrogen-bond acceptors (Lipinski definition) is 3. The van der Waals surface area contributed by atoms with Crippen LogP contribution in [0.4, 0.5) is 0 Å². The van der Waals surface area contributed by atoms with Gasteiger partial charge in [-0.3, -0.25) is 0 Å². The first-order valence-electron chi connectivity index (χ1n) is 8.64. The van der Waals surface area contributed by atoms with Crippen LogP contribution in [0.2, 0.25) is 0 Å². The van der Waals surface area contributed by atoms with E-state index >= 15 is 0 Å². The highest BCUT2D eigenvalue weighted by Gasteiger charge is 2.43. The first-order valence-corrected chi connectivity index (χ1v) is 8.64. The van der Waals surface area contributed by atoms with Crippen molar-refractivity contribution in [2.75, 3.05) is 26.4 Å². The third-order valence-corrected chi connectivity index (χ3v) is 4.74. The van der Waals surface area contributed by atoms with Crippen molar-refractivity contribution in [3.8, 4) is 0 Å². The van der Waals surface area contributed by atoms with Crippen LogP contribution in [0.1, 0.15) is 58.8 Å². The van der Waals surface area contributed by atoms with Gasteiger partial charge in [0, 0.05) is 13.2 Å². The van der Waals surface area contributed by atoms with E-state index in [4.69, 9.17) is 14.2 Å². The highest BCUT2D eigenvalue weighted by atomic mass is 16.6. The summed E-state index contributed by atoms with van der Waals surface area (Å²) in [4.78, 5) is 0. The molecule has 4 unspecified atom stereocenters. The maximum absolute atomic E-state index is 5.76. The molecule has 1 saturated carbocycles. The fourth-order valence-corrected chi connectivity index (χ4v) is 3.15. The Morgan fingerprint density at radius 3 is 2.70 bits per heavy atom. The molecule has 2 fully saturated rings. The molecule has 1 heterocycles. The van der Waals surface area contributed by atoms with E-state index in [1.165, 1.54) is 44.9 Å². The van der Waals surface area contributed by atoms with Gasteiger partial charge >= 0.3 is 0 Å². The van der Waals surface area contributed by atoms with Crippen molar-refractivity contribution in [2.45, 2.75) is 71.0 Å². The Kier molecular flexibility index (Phi) is 7.32. The molecule has 0 N–H and O–H groups in total. The fraction of sp³-hybridized carbons (Fsp3) is 1.00. The molecule has 2 rings (SSSR count). The molecule has 0 bridgehead atoms. The molecule has 0 aromatic heterocycles. The molecule has 0 aromatic rings. The first-order chi connectivity index (χ1) is 9.83. The third-order valence-electron chi connectivity index (χ3n) is 4.74. The summed E-state index contributed by atoms with van der Waals surface area (Å²) in [7, 11) is 0. The van der Waals surface area contributed by atoms with E-state index in [1.54, 1.807) is 0 Å². The number of unbranched alkanes of at least 4 members (excludes halogenated alkanes) is 1. The highest BCUT2D eigenvalue weighted by molar-refractivity contribution is 4.91. The number of rotatable bonds is 11. The van der Waals surface area contributed by atoms with Crippen LogP contribution in [-0.4, -0.2) is 38.6 Å². The van der Waals surface area contributed by atoms with Crippen LogP contribution < -0.4 is 0 Å². The van der Waals surface area contributed by atoms with Crippen molar-refractivity contribution >= 4 is 0 Å². The lowest BCUT2D eigenvalue weighted by Gasteiger charge is -2.19. The van der Waals surface area contributed by atoms with Crippen LogP contribution in [0.15, 0.2) is 0 Å². The van der Waals surface area contributed by atoms with Crippen LogP contribution >= 0.6 is 0 Å². The summed E-state index contributed by atoms with van der Waals surface area (Å²) >= 11 is 0. The van der Waals surface area contributed by atoms with Crippen LogP contribution in [0, 0.1) is 11.8 Å². The van der Waals surface area contributed by atoms with Crippen molar-refractivity contribution in [1.29, 1.82) is 0 Å². The van der Waals surface area contributed by atoms with Gasteiger partial charge in [-0.2, -0.15) is 0 Å². The zero-order valence-corrected chi connectivity index (χ0v) is 13.3. The SMILES string of the molecule is CCCCC(CC)COCCOCC1CCC2OC2C1. The number of fused-ring (bicyclic) bond motifs is 1. The van der Waals surface area contributed by atoms with Crippen LogP contribution in [0.5, 0.6) is 0 Å². The van der Waals surface area contributed by atoms with Gasteiger partial charge in [-0.15, -0.1) is 0 Å². The largest absolute Gasteiger partial charge is 0.379 e. The Hall–Kier alpha value is -0.120. The van der Waals surface area contributed by atoms with E-state index in [0.29, 0.717) is 18.1 Å². The molecule has 0 spiro atoms. The van der Waals surface area contributed by atoms with E-state index in [1.807, 2.05) is 0 Å². The standard InChI is InChI=1S/C17H32O3/c1-3-5-6-14(4-2)12-18-9-10-19-13-15-7-8-16-17(11-15)20-16/h14-17H,3-13H2,1-2H3. The van der Waals surface area contributed by atoms with Gasteiger partial charge in [-0.1, -0.05) is 33.1 Å². The minimum atomic E-state index is 0.567. The topological polar surface area (TPSA) is 31.0 Å². The summed E-state index contributed by atoms with van der Waals surface area (Å²) in [5.41, 5.74) is 0. The smallest absolute Gasteiger partial charge is 0.0845 e. The summed E-state index contributed by atoms with van der Waals surface area (Å²) in [5.74, 6) is 1.45. The van der Waals surface area contributed by atoms with Gasteiger partial charge in [-0.25, -0.2) is 0 Å². The predicted octanol–water partition coefficient (Wildman–Crippen LogP) is 3.80. The van der Waals surface area contributed by atoms with E-state index in [0.717, 1.165) is 32.3 Å². The number of hydrogen-bond donors (Lipinski definition) is 0. The van der Waals surface area contributed by atoms with E-state index in [9.17, 15) is 0 Å². The number of epoxide rings is 1. The first kappa shape index (κ1) is 16.3. The van der Waals surface area contributed by atoms with Crippen molar-refractivity contribution in [2.24, 2.45) is 11.8 Å². The zero-order chi connectivity index (χ0) is 14.2. The average molecular weight is 284 g/mol. The Bertz CT molecular complexity index is 257. The summed E-state index contributed by atoms with van der Waals surface area (Å²) < 4.78 is 17.1. The molecule has 1 aliphatic heterocycles. The normalized spacial score (nSPS) is 30.0. The Labute approximate surface area is 124 Å². The molecule has 3 nitrogen and oxygen atoms in total. The molecule has 20 heavy (non-hydrogen) atoms. The molecule has 3 heteroatoms. The van der Waals surface area contributed by atoms with Gasteiger partial charge < -0.3 is 14.2 Å². The summed E-state index contributed by atoms with van der Waals surface area (Å²) in [6.45, 7) is 7.80. The Morgan fingerprint density at radius 1 is 1.10 bits per heavy atom. The second kappa shape index (κ2) is 9.01. The quantitative estimate of drug-likeness (QED) is 0.427. The molecule has 0 aromatic carbocycles. The van der Waals surface area contributed by atoms with Crippen molar-refractivity contribution < 1.29 is 14.2 Å². The molecule has 4 atom stereocenters. The van der Waals surface area contributed by atoms with Gasteiger partial charge in [0.15, 0.2) is 0 Å². The van der Waals surface area contributed by atoms with Crippen LogP contribution in [0.3, 0.4) is 0 Å². The van der Waals surface area contributed by atoms with Crippen molar-refractivity contribution in [3.05, 3.63) is 0 Å². The molecule has 118 valence electrons. The van der Waals surface area contributed by atoms with Gasteiger partial charge in [0.1, 0.15) is 0 Å². The second-order valence-corrected chi connectivity index (χ2v) is 6.46. The van der Waals surface area contributed by atoms with Crippen molar-refractivity contribution in [3.63, 3.8) is 0 Å². The minimum Gasteiger partial charge on any atom is -0.379 e. The molecule has 1 aliphatic carbocycles. The summed E-state index contributed by atoms with van der Waals surface area (Å²) in [6, 6.07) is 0.